The van der Waals surface area contributed by atoms with Gasteiger partial charge in [-0.25, -0.2) is 9.71 Å². The third-order valence-electron chi connectivity index (χ3n) is 4.96. The minimum Gasteiger partial charge on any atom is -0.476 e. The number of hydrogen-bond acceptors (Lipinski definition) is 6. The van der Waals surface area contributed by atoms with E-state index in [2.05, 4.69) is 32.3 Å². The van der Waals surface area contributed by atoms with Crippen LogP contribution in [0.3, 0.4) is 0 Å². The normalized spacial score (nSPS) is 17.8. The zero-order valence-electron chi connectivity index (χ0n) is 15.4. The van der Waals surface area contributed by atoms with E-state index < -0.39 is 21.5 Å². The van der Waals surface area contributed by atoms with Gasteiger partial charge in [-0.2, -0.15) is 8.42 Å². The van der Waals surface area contributed by atoms with Gasteiger partial charge >= 0.3 is 0 Å². The standard InChI is InChI=1S/C19H19ClIN3O4S/c20-13-6-7-14(21)15(12-13)28-19(8-9-19)18(25)23-29(26,27)17-5-3-4-16(22-17)24-10-1-2-11-24/h3-7,12H,1-2,8-11H2,(H,23,25). The Hall–Kier alpha value is -1.59. The summed E-state index contributed by atoms with van der Waals surface area (Å²) in [4.78, 5) is 19.1. The summed E-state index contributed by atoms with van der Waals surface area (Å²) in [6.07, 6.45) is 2.96. The van der Waals surface area contributed by atoms with Crippen LogP contribution in [-0.2, 0) is 14.8 Å². The van der Waals surface area contributed by atoms with Crippen LogP contribution in [0.25, 0.3) is 0 Å². The Labute approximate surface area is 188 Å². The molecule has 1 N–H and O–H groups in total. The highest BCUT2D eigenvalue weighted by Gasteiger charge is 2.54. The maximum Gasteiger partial charge on any atom is 0.281 e. The van der Waals surface area contributed by atoms with Crippen LogP contribution in [-0.4, -0.2) is 38.0 Å². The Balaban J connectivity index is 1.51. The molecule has 7 nitrogen and oxygen atoms in total. The molecule has 4 rings (SSSR count). The van der Waals surface area contributed by atoms with Gasteiger partial charge in [0.2, 0.25) is 0 Å². The second-order valence-corrected chi connectivity index (χ2v) is 10.4. The van der Waals surface area contributed by atoms with Crippen molar-refractivity contribution in [3.05, 3.63) is 45.0 Å². The molecule has 2 aliphatic rings. The van der Waals surface area contributed by atoms with Gasteiger partial charge in [-0.15, -0.1) is 0 Å². The third-order valence-corrected chi connectivity index (χ3v) is 7.32. The zero-order valence-corrected chi connectivity index (χ0v) is 19.1. The van der Waals surface area contributed by atoms with E-state index in [4.69, 9.17) is 16.3 Å². The Morgan fingerprint density at radius 1 is 1.21 bits per heavy atom. The first kappa shape index (κ1) is 20.7. The summed E-state index contributed by atoms with van der Waals surface area (Å²) in [6, 6.07) is 9.91. The number of benzene rings is 1. The van der Waals surface area contributed by atoms with Crippen molar-refractivity contribution in [2.24, 2.45) is 0 Å². The molecule has 0 unspecified atom stereocenters. The van der Waals surface area contributed by atoms with Crippen molar-refractivity contribution in [2.75, 3.05) is 18.0 Å². The predicted molar refractivity (Wildman–Crippen MR) is 118 cm³/mol. The Morgan fingerprint density at radius 3 is 2.62 bits per heavy atom. The van der Waals surface area contributed by atoms with E-state index in [1.807, 2.05) is 4.90 Å². The van der Waals surface area contributed by atoms with Crippen molar-refractivity contribution >= 4 is 55.9 Å². The van der Waals surface area contributed by atoms with E-state index in [1.54, 1.807) is 30.3 Å². The van der Waals surface area contributed by atoms with Crippen LogP contribution in [0.5, 0.6) is 5.75 Å². The van der Waals surface area contributed by atoms with Crippen LogP contribution in [0.1, 0.15) is 25.7 Å². The summed E-state index contributed by atoms with van der Waals surface area (Å²) >= 11 is 8.09. The number of rotatable bonds is 6. The second-order valence-electron chi connectivity index (χ2n) is 7.13. The summed E-state index contributed by atoms with van der Waals surface area (Å²) in [5.74, 6) is 0.364. The molecule has 0 atom stereocenters. The number of anilines is 1. The van der Waals surface area contributed by atoms with Gasteiger partial charge in [-0.05, 0) is 65.8 Å². The fraction of sp³-hybridized carbons (Fsp3) is 0.368. The number of carbonyl (C=O) groups excluding carboxylic acids is 1. The number of amides is 1. The van der Waals surface area contributed by atoms with Crippen molar-refractivity contribution in [2.45, 2.75) is 36.3 Å². The molecule has 154 valence electrons. The lowest BCUT2D eigenvalue weighted by Gasteiger charge is -2.19. The van der Waals surface area contributed by atoms with Crippen molar-refractivity contribution in [3.63, 3.8) is 0 Å². The number of carbonyl (C=O) groups is 1. The Kier molecular flexibility index (Phi) is 5.64. The summed E-state index contributed by atoms with van der Waals surface area (Å²) in [5.41, 5.74) is -1.20. The molecule has 10 heteroatoms. The van der Waals surface area contributed by atoms with Gasteiger partial charge in [-0.3, -0.25) is 4.79 Å². The zero-order chi connectivity index (χ0) is 20.6. The van der Waals surface area contributed by atoms with Gasteiger partial charge in [0.1, 0.15) is 11.6 Å². The van der Waals surface area contributed by atoms with Crippen LogP contribution < -0.4 is 14.4 Å². The lowest BCUT2D eigenvalue weighted by molar-refractivity contribution is -0.127. The monoisotopic (exact) mass is 547 g/mol. The molecule has 1 aliphatic heterocycles. The Bertz CT molecular complexity index is 1050. The predicted octanol–water partition coefficient (Wildman–Crippen LogP) is 3.36. The van der Waals surface area contributed by atoms with Crippen LogP contribution in [0.15, 0.2) is 41.4 Å². The minimum absolute atomic E-state index is 0.177. The Morgan fingerprint density at radius 2 is 1.93 bits per heavy atom. The quantitative estimate of drug-likeness (QED) is 0.558. The van der Waals surface area contributed by atoms with Gasteiger partial charge in [0.15, 0.2) is 10.6 Å². The van der Waals surface area contributed by atoms with E-state index in [0.29, 0.717) is 29.4 Å². The second kappa shape index (κ2) is 7.92. The molecule has 29 heavy (non-hydrogen) atoms. The summed E-state index contributed by atoms with van der Waals surface area (Å²) in [5, 5.41) is 0.301. The molecule has 1 saturated carbocycles. The number of nitrogens with one attached hydrogen (secondary N) is 1. The summed E-state index contributed by atoms with van der Waals surface area (Å²) < 4.78 is 34.3. The number of halogens is 2. The third kappa shape index (κ3) is 4.46. The molecule has 2 aromatic rings. The highest BCUT2D eigenvalue weighted by Crippen LogP contribution is 2.42. The molecule has 1 aromatic heterocycles. The van der Waals surface area contributed by atoms with E-state index in [-0.39, 0.29) is 5.03 Å². The molecule has 0 bridgehead atoms. The molecular formula is C19H19ClIN3O4S. The van der Waals surface area contributed by atoms with Gasteiger partial charge < -0.3 is 9.64 Å². The highest BCUT2D eigenvalue weighted by atomic mass is 127. The molecular weight excluding hydrogens is 529 g/mol. The smallest absolute Gasteiger partial charge is 0.281 e. The van der Waals surface area contributed by atoms with Crippen LogP contribution in [0.2, 0.25) is 5.02 Å². The molecule has 2 fully saturated rings. The number of nitrogens with zero attached hydrogens (tertiary/aromatic N) is 2. The first-order valence-electron chi connectivity index (χ1n) is 9.22. The van der Waals surface area contributed by atoms with Crippen molar-refractivity contribution in [1.29, 1.82) is 0 Å². The lowest BCUT2D eigenvalue weighted by Crippen LogP contribution is -2.43. The van der Waals surface area contributed by atoms with Gasteiger partial charge in [0.25, 0.3) is 15.9 Å². The maximum atomic E-state index is 12.8. The minimum atomic E-state index is -4.11. The van der Waals surface area contributed by atoms with Crippen LogP contribution in [0, 0.1) is 3.57 Å². The number of sulfonamides is 1. The first-order chi connectivity index (χ1) is 13.8. The van der Waals surface area contributed by atoms with E-state index in [1.165, 1.54) is 6.07 Å². The van der Waals surface area contributed by atoms with Gasteiger partial charge in [-0.1, -0.05) is 17.7 Å². The molecule has 0 radical (unpaired) electrons. The van der Waals surface area contributed by atoms with E-state index in [9.17, 15) is 13.2 Å². The highest BCUT2D eigenvalue weighted by molar-refractivity contribution is 14.1. The largest absolute Gasteiger partial charge is 0.476 e. The van der Waals surface area contributed by atoms with Crippen molar-refractivity contribution < 1.29 is 17.9 Å². The number of hydrogen-bond donors (Lipinski definition) is 1. The molecule has 0 spiro atoms. The van der Waals surface area contributed by atoms with Crippen molar-refractivity contribution in [3.8, 4) is 5.75 Å². The fourth-order valence-corrected chi connectivity index (χ4v) is 4.81. The lowest BCUT2D eigenvalue weighted by atomic mass is 10.3. The SMILES string of the molecule is O=C(NS(=O)(=O)c1cccc(N2CCCC2)n1)C1(Oc2cc(Cl)ccc2I)CC1. The first-order valence-corrected chi connectivity index (χ1v) is 12.2. The number of aromatic nitrogens is 1. The van der Waals surface area contributed by atoms with Crippen molar-refractivity contribution in [1.82, 2.24) is 9.71 Å². The number of ether oxygens (including phenoxy) is 1. The molecule has 2 heterocycles. The van der Waals surface area contributed by atoms with E-state index >= 15 is 0 Å². The topological polar surface area (TPSA) is 88.6 Å². The average Bonchev–Trinajstić information content (AvgIpc) is 3.26. The summed E-state index contributed by atoms with van der Waals surface area (Å²) in [7, 11) is -4.11. The van der Waals surface area contributed by atoms with Crippen LogP contribution in [0.4, 0.5) is 5.82 Å². The molecule has 1 amide bonds. The average molecular weight is 548 g/mol. The van der Waals surface area contributed by atoms with E-state index in [0.717, 1.165) is 29.5 Å². The van der Waals surface area contributed by atoms with Crippen LogP contribution >= 0.6 is 34.2 Å². The number of pyridine rings is 1. The fourth-order valence-electron chi connectivity index (χ4n) is 3.20. The van der Waals surface area contributed by atoms with Gasteiger partial charge in [0.05, 0.1) is 3.57 Å². The molecule has 1 aliphatic carbocycles. The van der Waals surface area contributed by atoms with Gasteiger partial charge in [0, 0.05) is 31.0 Å². The molecule has 1 saturated heterocycles. The molecule has 1 aromatic carbocycles. The summed E-state index contributed by atoms with van der Waals surface area (Å²) in [6.45, 7) is 1.69. The maximum absolute atomic E-state index is 12.8.